The first-order chi connectivity index (χ1) is 7.26. The van der Waals surface area contributed by atoms with Crippen LogP contribution in [0.15, 0.2) is 5.38 Å². The first-order valence-electron chi connectivity index (χ1n) is 5.44. The number of aryl methyl sites for hydroxylation is 1. The SMILES string of the molecule is CCCN(C)CCCc1nc(CCl)cs1. The number of aromatic nitrogens is 1. The summed E-state index contributed by atoms with van der Waals surface area (Å²) in [5.41, 5.74) is 1.01. The van der Waals surface area contributed by atoms with Crippen LogP contribution in [0.5, 0.6) is 0 Å². The molecule has 1 heterocycles. The van der Waals surface area contributed by atoms with Crippen LogP contribution >= 0.6 is 22.9 Å². The molecular formula is C11H19ClN2S. The van der Waals surface area contributed by atoms with E-state index in [1.165, 1.54) is 24.4 Å². The summed E-state index contributed by atoms with van der Waals surface area (Å²) in [6.45, 7) is 4.55. The highest BCUT2D eigenvalue weighted by Gasteiger charge is 2.02. The molecule has 0 saturated carbocycles. The first-order valence-corrected chi connectivity index (χ1v) is 6.85. The molecule has 0 aromatic carbocycles. The lowest BCUT2D eigenvalue weighted by molar-refractivity contribution is 0.330. The fraction of sp³-hybridized carbons (Fsp3) is 0.727. The van der Waals surface area contributed by atoms with Crippen molar-refractivity contribution in [1.82, 2.24) is 9.88 Å². The Morgan fingerprint density at radius 1 is 1.47 bits per heavy atom. The van der Waals surface area contributed by atoms with Gasteiger partial charge in [0.1, 0.15) is 0 Å². The van der Waals surface area contributed by atoms with Gasteiger partial charge in [-0.2, -0.15) is 0 Å². The largest absolute Gasteiger partial charge is 0.306 e. The Hall–Kier alpha value is -0.120. The second-order valence-corrected chi connectivity index (χ2v) is 4.98. The fourth-order valence-corrected chi connectivity index (χ4v) is 2.59. The van der Waals surface area contributed by atoms with E-state index >= 15 is 0 Å². The van der Waals surface area contributed by atoms with Crippen LogP contribution in [0.3, 0.4) is 0 Å². The summed E-state index contributed by atoms with van der Waals surface area (Å²) in [7, 11) is 2.18. The minimum Gasteiger partial charge on any atom is -0.306 e. The van der Waals surface area contributed by atoms with Crippen molar-refractivity contribution >= 4 is 22.9 Å². The third kappa shape index (κ3) is 4.96. The third-order valence-electron chi connectivity index (χ3n) is 2.27. The van der Waals surface area contributed by atoms with Gasteiger partial charge in [0.15, 0.2) is 0 Å². The molecule has 1 rings (SSSR count). The van der Waals surface area contributed by atoms with Gasteiger partial charge in [-0.15, -0.1) is 22.9 Å². The van der Waals surface area contributed by atoms with Gasteiger partial charge in [0.05, 0.1) is 16.6 Å². The van der Waals surface area contributed by atoms with Crippen molar-refractivity contribution in [2.75, 3.05) is 20.1 Å². The van der Waals surface area contributed by atoms with Crippen LogP contribution in [0, 0.1) is 0 Å². The summed E-state index contributed by atoms with van der Waals surface area (Å²) in [6.07, 6.45) is 3.49. The van der Waals surface area contributed by atoms with Crippen LogP contribution in [0.1, 0.15) is 30.5 Å². The molecule has 0 bridgehead atoms. The predicted octanol–water partition coefficient (Wildman–Crippen LogP) is 3.16. The van der Waals surface area contributed by atoms with E-state index in [1.54, 1.807) is 11.3 Å². The van der Waals surface area contributed by atoms with Gasteiger partial charge in [0.25, 0.3) is 0 Å². The van der Waals surface area contributed by atoms with Crippen LogP contribution in [0.2, 0.25) is 0 Å². The monoisotopic (exact) mass is 246 g/mol. The molecule has 0 aliphatic carbocycles. The van der Waals surface area contributed by atoms with Gasteiger partial charge >= 0.3 is 0 Å². The zero-order chi connectivity index (χ0) is 11.1. The van der Waals surface area contributed by atoms with Crippen molar-refractivity contribution in [3.63, 3.8) is 0 Å². The van der Waals surface area contributed by atoms with Crippen molar-refractivity contribution < 1.29 is 0 Å². The lowest BCUT2D eigenvalue weighted by atomic mass is 10.3. The molecule has 0 aliphatic heterocycles. The maximum atomic E-state index is 5.70. The van der Waals surface area contributed by atoms with Crippen LogP contribution < -0.4 is 0 Å². The number of hydrogen-bond acceptors (Lipinski definition) is 3. The smallest absolute Gasteiger partial charge is 0.0929 e. The molecule has 0 unspecified atom stereocenters. The molecule has 4 heteroatoms. The van der Waals surface area contributed by atoms with E-state index in [9.17, 15) is 0 Å². The van der Waals surface area contributed by atoms with Crippen LogP contribution in [-0.2, 0) is 12.3 Å². The number of rotatable bonds is 7. The first kappa shape index (κ1) is 12.9. The molecule has 0 saturated heterocycles. The second kappa shape index (κ2) is 7.20. The second-order valence-electron chi connectivity index (χ2n) is 3.77. The van der Waals surface area contributed by atoms with E-state index in [0.717, 1.165) is 18.7 Å². The quantitative estimate of drug-likeness (QED) is 0.687. The van der Waals surface area contributed by atoms with Crippen molar-refractivity contribution in [1.29, 1.82) is 0 Å². The molecule has 2 nitrogen and oxygen atoms in total. The highest BCUT2D eigenvalue weighted by molar-refractivity contribution is 7.09. The standard InChI is InChI=1S/C11H19ClN2S/c1-3-6-14(2)7-4-5-11-13-10(8-12)9-15-11/h9H,3-8H2,1-2H3. The van der Waals surface area contributed by atoms with E-state index in [1.807, 2.05) is 0 Å². The lowest BCUT2D eigenvalue weighted by Crippen LogP contribution is -2.20. The molecule has 0 radical (unpaired) electrons. The highest BCUT2D eigenvalue weighted by Crippen LogP contribution is 2.13. The maximum absolute atomic E-state index is 5.70. The number of hydrogen-bond donors (Lipinski definition) is 0. The summed E-state index contributed by atoms with van der Waals surface area (Å²) >= 11 is 7.43. The van der Waals surface area contributed by atoms with E-state index in [4.69, 9.17) is 11.6 Å². The number of alkyl halides is 1. The molecule has 0 fully saturated rings. The van der Waals surface area contributed by atoms with Crippen LogP contribution in [-0.4, -0.2) is 30.0 Å². The number of nitrogens with zero attached hydrogens (tertiary/aromatic N) is 2. The molecule has 1 aromatic heterocycles. The van der Waals surface area contributed by atoms with Crippen LogP contribution in [0.4, 0.5) is 0 Å². The Labute approximate surface area is 101 Å². The van der Waals surface area contributed by atoms with Crippen molar-refractivity contribution in [2.24, 2.45) is 0 Å². The van der Waals surface area contributed by atoms with Gasteiger partial charge in [-0.3, -0.25) is 0 Å². The third-order valence-corrected chi connectivity index (χ3v) is 3.50. The molecule has 1 aromatic rings. The Bertz CT molecular complexity index is 275. The molecule has 0 amide bonds. The summed E-state index contributed by atoms with van der Waals surface area (Å²) in [5.74, 6) is 0.534. The van der Waals surface area contributed by atoms with E-state index < -0.39 is 0 Å². The molecule has 0 aliphatic rings. The average molecular weight is 247 g/mol. The molecule has 86 valence electrons. The Balaban J connectivity index is 2.19. The topological polar surface area (TPSA) is 16.1 Å². The summed E-state index contributed by atoms with van der Waals surface area (Å²) < 4.78 is 0. The minimum atomic E-state index is 0.534. The van der Waals surface area contributed by atoms with E-state index in [2.05, 4.69) is 29.2 Å². The number of thiazole rings is 1. The zero-order valence-electron chi connectivity index (χ0n) is 9.50. The van der Waals surface area contributed by atoms with E-state index in [0.29, 0.717) is 5.88 Å². The molecule has 0 N–H and O–H groups in total. The summed E-state index contributed by atoms with van der Waals surface area (Å²) in [6, 6.07) is 0. The predicted molar refractivity (Wildman–Crippen MR) is 67.8 cm³/mol. The molecule has 0 spiro atoms. The van der Waals surface area contributed by atoms with Gasteiger partial charge in [0.2, 0.25) is 0 Å². The van der Waals surface area contributed by atoms with Crippen molar-refractivity contribution in [3.05, 3.63) is 16.1 Å². The Morgan fingerprint density at radius 3 is 2.87 bits per heavy atom. The molecular weight excluding hydrogens is 228 g/mol. The van der Waals surface area contributed by atoms with Crippen molar-refractivity contribution in [2.45, 2.75) is 32.1 Å². The molecule has 15 heavy (non-hydrogen) atoms. The van der Waals surface area contributed by atoms with Crippen LogP contribution in [0.25, 0.3) is 0 Å². The fourth-order valence-electron chi connectivity index (χ4n) is 1.52. The van der Waals surface area contributed by atoms with Gasteiger partial charge in [-0.1, -0.05) is 6.92 Å². The van der Waals surface area contributed by atoms with E-state index in [-0.39, 0.29) is 0 Å². The van der Waals surface area contributed by atoms with Gasteiger partial charge in [-0.05, 0) is 33.0 Å². The maximum Gasteiger partial charge on any atom is 0.0929 e. The zero-order valence-corrected chi connectivity index (χ0v) is 11.1. The molecule has 0 atom stereocenters. The normalized spacial score (nSPS) is 11.2. The minimum absolute atomic E-state index is 0.534. The van der Waals surface area contributed by atoms with Gasteiger partial charge in [0, 0.05) is 11.8 Å². The van der Waals surface area contributed by atoms with Gasteiger partial charge < -0.3 is 4.90 Å². The average Bonchev–Trinajstić information content (AvgIpc) is 2.66. The summed E-state index contributed by atoms with van der Waals surface area (Å²) in [5, 5.41) is 3.27. The Morgan fingerprint density at radius 2 is 2.27 bits per heavy atom. The highest BCUT2D eigenvalue weighted by atomic mass is 35.5. The summed E-state index contributed by atoms with van der Waals surface area (Å²) in [4.78, 5) is 6.81. The van der Waals surface area contributed by atoms with Crippen molar-refractivity contribution in [3.8, 4) is 0 Å². The lowest BCUT2D eigenvalue weighted by Gasteiger charge is -2.14. The number of halogens is 1. The van der Waals surface area contributed by atoms with Gasteiger partial charge in [-0.25, -0.2) is 4.98 Å². The Kier molecular flexibility index (Phi) is 6.22.